The largest absolute Gasteiger partial charge is 0.493 e. The molecule has 5 nitrogen and oxygen atoms in total. The molecule has 0 aromatic heterocycles. The number of benzene rings is 3. The van der Waals surface area contributed by atoms with Crippen molar-refractivity contribution < 1.29 is 14.3 Å². The second kappa shape index (κ2) is 9.90. The van der Waals surface area contributed by atoms with E-state index in [1.165, 1.54) is 11.8 Å². The monoisotopic (exact) mass is 440 g/mol. The molecule has 0 spiro atoms. The van der Waals surface area contributed by atoms with Crippen molar-refractivity contribution >= 4 is 40.3 Å². The zero-order valence-corrected chi connectivity index (χ0v) is 18.2. The number of amides is 1. The van der Waals surface area contributed by atoms with Crippen LogP contribution in [-0.2, 0) is 4.79 Å². The molecule has 1 aliphatic rings. The smallest absolute Gasteiger partial charge is 0.271 e. The molecule has 0 unspecified atom stereocenters. The Balaban J connectivity index is 1.71. The number of para-hydroxylation sites is 2. The van der Waals surface area contributed by atoms with Crippen LogP contribution in [0.5, 0.6) is 11.5 Å². The molecular formula is C26H20N2O3S. The van der Waals surface area contributed by atoms with E-state index in [0.717, 1.165) is 16.9 Å². The summed E-state index contributed by atoms with van der Waals surface area (Å²) < 4.78 is 10.9. The summed E-state index contributed by atoms with van der Waals surface area (Å²) in [6.07, 6.45) is 7.09. The lowest BCUT2D eigenvalue weighted by Crippen LogP contribution is -2.28. The molecule has 1 amide bonds. The number of aliphatic imine (C=N–C) groups is 1. The average molecular weight is 441 g/mol. The van der Waals surface area contributed by atoms with Gasteiger partial charge in [-0.05, 0) is 59.8 Å². The normalized spacial score (nSPS) is 15.8. The number of anilines is 1. The van der Waals surface area contributed by atoms with Gasteiger partial charge < -0.3 is 9.47 Å². The molecule has 1 heterocycles. The van der Waals surface area contributed by atoms with E-state index < -0.39 is 0 Å². The van der Waals surface area contributed by atoms with Crippen molar-refractivity contribution in [1.29, 1.82) is 0 Å². The number of methoxy groups -OCH3 is 1. The Morgan fingerprint density at radius 2 is 1.75 bits per heavy atom. The molecular weight excluding hydrogens is 420 g/mol. The third kappa shape index (κ3) is 4.69. The SMILES string of the molecule is C#CCOc1ccc(/C=C2/SC(=Nc3ccccc3)N(c3ccccc3)C2=O)cc1OC. The Morgan fingerprint density at radius 1 is 1.03 bits per heavy atom. The molecule has 6 heteroatoms. The van der Waals surface area contributed by atoms with Crippen molar-refractivity contribution in [2.45, 2.75) is 0 Å². The summed E-state index contributed by atoms with van der Waals surface area (Å²) in [5.41, 5.74) is 2.35. The van der Waals surface area contributed by atoms with Crippen LogP contribution in [0.3, 0.4) is 0 Å². The molecule has 0 aliphatic carbocycles. The summed E-state index contributed by atoms with van der Waals surface area (Å²) in [6.45, 7) is 0.149. The molecule has 0 bridgehead atoms. The van der Waals surface area contributed by atoms with E-state index in [1.54, 1.807) is 18.1 Å². The number of terminal acetylenes is 1. The van der Waals surface area contributed by atoms with Gasteiger partial charge in [0, 0.05) is 0 Å². The van der Waals surface area contributed by atoms with Gasteiger partial charge in [-0.15, -0.1) is 6.42 Å². The molecule has 1 aliphatic heterocycles. The third-order valence-electron chi connectivity index (χ3n) is 4.60. The maximum atomic E-state index is 13.4. The van der Waals surface area contributed by atoms with Crippen molar-refractivity contribution in [1.82, 2.24) is 0 Å². The van der Waals surface area contributed by atoms with Gasteiger partial charge in [0.05, 0.1) is 23.4 Å². The van der Waals surface area contributed by atoms with Crippen LogP contribution in [0.4, 0.5) is 11.4 Å². The minimum absolute atomic E-state index is 0.137. The highest BCUT2D eigenvalue weighted by atomic mass is 32.2. The van der Waals surface area contributed by atoms with Crippen molar-refractivity contribution in [2.75, 3.05) is 18.6 Å². The molecule has 0 N–H and O–H groups in total. The summed E-state index contributed by atoms with van der Waals surface area (Å²) >= 11 is 1.33. The summed E-state index contributed by atoms with van der Waals surface area (Å²) in [5, 5.41) is 0.597. The number of ether oxygens (including phenoxy) is 2. The first-order chi connectivity index (χ1) is 15.7. The fourth-order valence-electron chi connectivity index (χ4n) is 3.13. The maximum Gasteiger partial charge on any atom is 0.271 e. The van der Waals surface area contributed by atoms with Gasteiger partial charge in [0.25, 0.3) is 5.91 Å². The Bertz CT molecular complexity index is 1210. The van der Waals surface area contributed by atoms with E-state index in [0.29, 0.717) is 21.6 Å². The van der Waals surface area contributed by atoms with Gasteiger partial charge in [-0.2, -0.15) is 0 Å². The lowest BCUT2D eigenvalue weighted by molar-refractivity contribution is -0.113. The molecule has 1 fully saturated rings. The second-order valence-corrected chi connectivity index (χ2v) is 7.73. The van der Waals surface area contributed by atoms with Gasteiger partial charge in [-0.1, -0.05) is 48.4 Å². The van der Waals surface area contributed by atoms with E-state index in [-0.39, 0.29) is 12.5 Å². The molecule has 32 heavy (non-hydrogen) atoms. The Labute approximate surface area is 191 Å². The quantitative estimate of drug-likeness (QED) is 0.374. The van der Waals surface area contributed by atoms with Gasteiger partial charge >= 0.3 is 0 Å². The average Bonchev–Trinajstić information content (AvgIpc) is 3.13. The molecule has 1 saturated heterocycles. The van der Waals surface area contributed by atoms with E-state index >= 15 is 0 Å². The van der Waals surface area contributed by atoms with Crippen molar-refractivity contribution in [3.8, 4) is 23.8 Å². The predicted octanol–water partition coefficient (Wildman–Crippen LogP) is 5.52. The van der Waals surface area contributed by atoms with E-state index in [4.69, 9.17) is 20.9 Å². The zero-order valence-electron chi connectivity index (χ0n) is 17.4. The summed E-state index contributed by atoms with van der Waals surface area (Å²) in [7, 11) is 1.56. The number of hydrogen-bond acceptors (Lipinski definition) is 5. The molecule has 158 valence electrons. The number of rotatable bonds is 6. The van der Waals surface area contributed by atoms with Crippen molar-refractivity contribution in [3.63, 3.8) is 0 Å². The van der Waals surface area contributed by atoms with Gasteiger partial charge in [-0.3, -0.25) is 9.69 Å². The van der Waals surface area contributed by atoms with Crippen LogP contribution in [-0.4, -0.2) is 24.8 Å². The molecule has 4 rings (SSSR count). The van der Waals surface area contributed by atoms with E-state index in [9.17, 15) is 4.79 Å². The Hall–Kier alpha value is -3.95. The molecule has 3 aromatic rings. The van der Waals surface area contributed by atoms with Crippen LogP contribution in [0.25, 0.3) is 6.08 Å². The summed E-state index contributed by atoms with van der Waals surface area (Å²) in [6, 6.07) is 24.5. The third-order valence-corrected chi connectivity index (χ3v) is 5.57. The molecule has 3 aromatic carbocycles. The van der Waals surface area contributed by atoms with Crippen molar-refractivity contribution in [3.05, 3.63) is 89.3 Å². The summed E-state index contributed by atoms with van der Waals surface area (Å²) in [5.74, 6) is 3.39. The molecule has 0 saturated carbocycles. The van der Waals surface area contributed by atoms with Crippen LogP contribution in [0.15, 0.2) is 88.8 Å². The standard InChI is InChI=1S/C26H20N2O3S/c1-3-16-31-22-15-14-19(17-23(22)30-2)18-24-25(29)28(21-12-8-5-9-13-21)26(32-24)27-20-10-6-4-7-11-20/h1,4-15,17-18H,16H2,2H3/b24-18+,27-26?. The number of thioether (sulfide) groups is 1. The van der Waals surface area contributed by atoms with Crippen LogP contribution in [0, 0.1) is 12.3 Å². The topological polar surface area (TPSA) is 51.1 Å². The minimum atomic E-state index is -0.137. The van der Waals surface area contributed by atoms with Gasteiger partial charge in [0.1, 0.15) is 6.61 Å². The Kier molecular flexibility index (Phi) is 6.59. The van der Waals surface area contributed by atoms with Crippen LogP contribution >= 0.6 is 11.8 Å². The van der Waals surface area contributed by atoms with Gasteiger partial charge in [0.2, 0.25) is 0 Å². The fraction of sp³-hybridized carbons (Fsp3) is 0.0769. The van der Waals surface area contributed by atoms with E-state index in [1.807, 2.05) is 78.9 Å². The first-order valence-corrected chi connectivity index (χ1v) is 10.7. The van der Waals surface area contributed by atoms with Crippen LogP contribution in [0.2, 0.25) is 0 Å². The summed E-state index contributed by atoms with van der Waals surface area (Å²) in [4.78, 5) is 20.3. The van der Waals surface area contributed by atoms with E-state index in [2.05, 4.69) is 5.92 Å². The number of carbonyl (C=O) groups is 1. The highest BCUT2D eigenvalue weighted by Gasteiger charge is 2.34. The van der Waals surface area contributed by atoms with Crippen molar-refractivity contribution in [2.24, 2.45) is 4.99 Å². The van der Waals surface area contributed by atoms with Gasteiger partial charge in [-0.25, -0.2) is 4.99 Å². The van der Waals surface area contributed by atoms with Gasteiger partial charge in [0.15, 0.2) is 16.7 Å². The highest BCUT2D eigenvalue weighted by Crippen LogP contribution is 2.38. The second-order valence-electron chi connectivity index (χ2n) is 6.72. The predicted molar refractivity (Wildman–Crippen MR) is 130 cm³/mol. The van der Waals surface area contributed by atoms with Crippen LogP contribution in [0.1, 0.15) is 5.56 Å². The first kappa shape index (κ1) is 21.3. The number of carbonyl (C=O) groups excluding carboxylic acids is 1. The maximum absolute atomic E-state index is 13.4. The number of amidine groups is 1. The number of nitrogens with zero attached hydrogens (tertiary/aromatic N) is 2. The minimum Gasteiger partial charge on any atom is -0.493 e. The lowest BCUT2D eigenvalue weighted by Gasteiger charge is -2.15. The zero-order chi connectivity index (χ0) is 22.3. The number of hydrogen-bond donors (Lipinski definition) is 0. The fourth-order valence-corrected chi connectivity index (χ4v) is 4.13. The molecule has 0 radical (unpaired) electrons. The molecule has 0 atom stereocenters. The first-order valence-electron chi connectivity index (χ1n) is 9.86. The highest BCUT2D eigenvalue weighted by molar-refractivity contribution is 8.19. The Morgan fingerprint density at radius 3 is 2.44 bits per heavy atom. The van der Waals surface area contributed by atoms with Crippen LogP contribution < -0.4 is 14.4 Å². The lowest BCUT2D eigenvalue weighted by atomic mass is 10.2.